The lowest BCUT2D eigenvalue weighted by atomic mass is 9.88. The molecule has 0 N–H and O–H groups in total. The average molecular weight is 189 g/mol. The van der Waals surface area contributed by atoms with Crippen LogP contribution in [-0.2, 0) is 6.42 Å². The molecule has 2 rings (SSSR count). The smallest absolute Gasteiger partial charge is 0.238 e. The molecular weight excluding hydrogens is 178 g/mol. The summed E-state index contributed by atoms with van der Waals surface area (Å²) in [5.74, 6) is 0. The number of hydrogen-bond acceptors (Lipinski definition) is 2. The Bertz CT molecular complexity index is 396. The minimum Gasteiger partial charge on any atom is -0.259 e. The summed E-state index contributed by atoms with van der Waals surface area (Å²) in [6.07, 6.45) is 4.00. The molecular formula is C11H11NO2. The van der Waals surface area contributed by atoms with Crippen LogP contribution in [0.15, 0.2) is 30.5 Å². The van der Waals surface area contributed by atoms with Gasteiger partial charge in [0.2, 0.25) is 6.20 Å². The maximum absolute atomic E-state index is 10.4. The lowest BCUT2D eigenvalue weighted by Gasteiger charge is -2.16. The molecule has 0 amide bonds. The second kappa shape index (κ2) is 3.62. The van der Waals surface area contributed by atoms with Crippen LogP contribution in [0.5, 0.6) is 0 Å². The van der Waals surface area contributed by atoms with E-state index in [1.54, 1.807) is 0 Å². The van der Waals surface area contributed by atoms with Gasteiger partial charge in [-0.1, -0.05) is 24.3 Å². The fraction of sp³-hybridized carbons (Fsp3) is 0.273. The first-order valence-electron chi connectivity index (χ1n) is 4.70. The van der Waals surface area contributed by atoms with Gasteiger partial charge < -0.3 is 0 Å². The summed E-state index contributed by atoms with van der Waals surface area (Å²) in [5.41, 5.74) is 3.14. The highest BCUT2D eigenvalue weighted by molar-refractivity contribution is 5.68. The first-order valence-corrected chi connectivity index (χ1v) is 4.70. The number of rotatable bonds is 1. The summed E-state index contributed by atoms with van der Waals surface area (Å²) in [7, 11) is 0. The fourth-order valence-electron chi connectivity index (χ4n) is 1.92. The number of nitro groups is 1. The molecule has 1 aromatic carbocycles. The van der Waals surface area contributed by atoms with Gasteiger partial charge in [0.25, 0.3) is 0 Å². The summed E-state index contributed by atoms with van der Waals surface area (Å²) in [4.78, 5) is 10.0. The van der Waals surface area contributed by atoms with Crippen LogP contribution >= 0.6 is 0 Å². The van der Waals surface area contributed by atoms with Gasteiger partial charge >= 0.3 is 0 Å². The van der Waals surface area contributed by atoms with Gasteiger partial charge in [0.05, 0.1) is 4.92 Å². The molecule has 0 atom stereocenters. The Kier molecular flexibility index (Phi) is 2.31. The van der Waals surface area contributed by atoms with Gasteiger partial charge in [-0.3, -0.25) is 10.1 Å². The second-order valence-corrected chi connectivity index (χ2v) is 3.45. The predicted molar refractivity (Wildman–Crippen MR) is 54.4 cm³/mol. The molecule has 14 heavy (non-hydrogen) atoms. The van der Waals surface area contributed by atoms with Crippen molar-refractivity contribution in [2.45, 2.75) is 19.3 Å². The first kappa shape index (κ1) is 8.94. The van der Waals surface area contributed by atoms with Gasteiger partial charge in [0.15, 0.2) is 0 Å². The van der Waals surface area contributed by atoms with E-state index in [0.717, 1.165) is 36.6 Å². The van der Waals surface area contributed by atoms with Crippen LogP contribution in [0, 0.1) is 10.1 Å². The SMILES string of the molecule is O=[N+]([O-])/C=C1\CCCc2ccccc21. The van der Waals surface area contributed by atoms with E-state index in [9.17, 15) is 10.1 Å². The van der Waals surface area contributed by atoms with Crippen LogP contribution in [-0.4, -0.2) is 4.92 Å². The van der Waals surface area contributed by atoms with E-state index in [1.165, 1.54) is 5.56 Å². The molecule has 0 fully saturated rings. The standard InChI is InChI=1S/C11H11NO2/c13-12(14)8-10-6-3-5-9-4-1-2-7-11(9)10/h1-2,4,7-8H,3,5-6H2/b10-8+. The van der Waals surface area contributed by atoms with Crippen molar-refractivity contribution in [2.24, 2.45) is 0 Å². The number of aryl methyl sites for hydroxylation is 1. The van der Waals surface area contributed by atoms with Crippen LogP contribution in [0.1, 0.15) is 24.0 Å². The summed E-state index contributed by atoms with van der Waals surface area (Å²) >= 11 is 0. The lowest BCUT2D eigenvalue weighted by molar-refractivity contribution is -0.401. The molecule has 0 aromatic heterocycles. The number of benzene rings is 1. The zero-order valence-electron chi connectivity index (χ0n) is 7.77. The van der Waals surface area contributed by atoms with E-state index < -0.39 is 0 Å². The molecule has 1 aromatic rings. The Hall–Kier alpha value is -1.64. The number of allylic oxidation sites excluding steroid dienone is 1. The molecule has 0 unspecified atom stereocenters. The molecule has 0 bridgehead atoms. The van der Waals surface area contributed by atoms with Crippen molar-refractivity contribution in [2.75, 3.05) is 0 Å². The molecule has 0 saturated heterocycles. The average Bonchev–Trinajstić information content (AvgIpc) is 2.18. The highest BCUT2D eigenvalue weighted by atomic mass is 16.6. The van der Waals surface area contributed by atoms with Crippen LogP contribution in [0.4, 0.5) is 0 Å². The highest BCUT2D eigenvalue weighted by Gasteiger charge is 2.15. The molecule has 72 valence electrons. The minimum atomic E-state index is -0.364. The Morgan fingerprint density at radius 1 is 1.29 bits per heavy atom. The zero-order valence-corrected chi connectivity index (χ0v) is 7.77. The van der Waals surface area contributed by atoms with Gasteiger partial charge in [-0.25, -0.2) is 0 Å². The number of fused-ring (bicyclic) bond motifs is 1. The van der Waals surface area contributed by atoms with Crippen molar-refractivity contribution in [3.8, 4) is 0 Å². The Morgan fingerprint density at radius 2 is 2.07 bits per heavy atom. The van der Waals surface area contributed by atoms with Gasteiger partial charge in [-0.15, -0.1) is 0 Å². The van der Waals surface area contributed by atoms with Gasteiger partial charge in [0.1, 0.15) is 0 Å². The van der Waals surface area contributed by atoms with Crippen molar-refractivity contribution in [3.63, 3.8) is 0 Å². The van der Waals surface area contributed by atoms with E-state index in [2.05, 4.69) is 0 Å². The molecule has 3 nitrogen and oxygen atoms in total. The van der Waals surface area contributed by atoms with Crippen molar-refractivity contribution in [1.29, 1.82) is 0 Å². The molecule has 0 spiro atoms. The lowest BCUT2D eigenvalue weighted by Crippen LogP contribution is -2.02. The summed E-state index contributed by atoms with van der Waals surface area (Å²) in [6.45, 7) is 0. The summed E-state index contributed by atoms with van der Waals surface area (Å²) < 4.78 is 0. The Labute approximate surface area is 82.2 Å². The first-order chi connectivity index (χ1) is 6.77. The van der Waals surface area contributed by atoms with Crippen molar-refractivity contribution in [1.82, 2.24) is 0 Å². The van der Waals surface area contributed by atoms with Crippen LogP contribution in [0.3, 0.4) is 0 Å². The molecule has 0 saturated carbocycles. The summed E-state index contributed by atoms with van der Waals surface area (Å²) in [5, 5.41) is 10.4. The molecule has 0 heterocycles. The largest absolute Gasteiger partial charge is 0.259 e. The van der Waals surface area contributed by atoms with E-state index in [-0.39, 0.29) is 4.92 Å². The maximum atomic E-state index is 10.4. The third-order valence-corrected chi connectivity index (χ3v) is 2.52. The topological polar surface area (TPSA) is 43.1 Å². The van der Waals surface area contributed by atoms with Crippen molar-refractivity contribution >= 4 is 5.57 Å². The molecule has 1 aliphatic rings. The molecule has 0 radical (unpaired) electrons. The number of nitrogens with zero attached hydrogens (tertiary/aromatic N) is 1. The molecule has 1 aliphatic carbocycles. The zero-order chi connectivity index (χ0) is 9.97. The van der Waals surface area contributed by atoms with E-state index in [0.29, 0.717) is 0 Å². The van der Waals surface area contributed by atoms with Crippen molar-refractivity contribution < 1.29 is 4.92 Å². The highest BCUT2D eigenvalue weighted by Crippen LogP contribution is 2.30. The van der Waals surface area contributed by atoms with Crippen molar-refractivity contribution in [3.05, 3.63) is 51.7 Å². The van der Waals surface area contributed by atoms with Gasteiger partial charge in [0, 0.05) is 5.57 Å². The van der Waals surface area contributed by atoms with E-state index in [1.807, 2.05) is 24.3 Å². The predicted octanol–water partition coefficient (Wildman–Crippen LogP) is 2.64. The third kappa shape index (κ3) is 1.66. The fourth-order valence-corrected chi connectivity index (χ4v) is 1.92. The van der Waals surface area contributed by atoms with E-state index >= 15 is 0 Å². The quantitative estimate of drug-likeness (QED) is 0.503. The Morgan fingerprint density at radius 3 is 2.86 bits per heavy atom. The van der Waals surface area contributed by atoms with Gasteiger partial charge in [-0.05, 0) is 30.4 Å². The Balaban J connectivity index is 2.45. The second-order valence-electron chi connectivity index (χ2n) is 3.45. The van der Waals surface area contributed by atoms with Crippen LogP contribution in [0.25, 0.3) is 5.57 Å². The minimum absolute atomic E-state index is 0.364. The number of hydrogen-bond donors (Lipinski definition) is 0. The molecule has 0 aliphatic heterocycles. The monoisotopic (exact) mass is 189 g/mol. The normalized spacial score (nSPS) is 17.9. The third-order valence-electron chi connectivity index (χ3n) is 2.52. The van der Waals surface area contributed by atoms with Gasteiger partial charge in [-0.2, -0.15) is 0 Å². The molecule has 3 heteroatoms. The summed E-state index contributed by atoms with van der Waals surface area (Å²) in [6, 6.07) is 7.91. The van der Waals surface area contributed by atoms with Crippen LogP contribution < -0.4 is 0 Å². The van der Waals surface area contributed by atoms with E-state index in [4.69, 9.17) is 0 Å². The van der Waals surface area contributed by atoms with Crippen LogP contribution in [0.2, 0.25) is 0 Å². The maximum Gasteiger partial charge on any atom is 0.238 e.